The fourth-order valence-electron chi connectivity index (χ4n) is 2.15. The van der Waals surface area contributed by atoms with Crippen LogP contribution in [0.25, 0.3) is 0 Å². The van der Waals surface area contributed by atoms with Crippen LogP contribution >= 0.6 is 0 Å². The lowest BCUT2D eigenvalue weighted by atomic mass is 9.78. The van der Waals surface area contributed by atoms with Gasteiger partial charge in [-0.25, -0.2) is 0 Å². The topological polar surface area (TPSA) is 12.0 Å². The monoisotopic (exact) mass is 247 g/mol. The van der Waals surface area contributed by atoms with E-state index >= 15 is 0 Å². The SMILES string of the molecule is CNC(CCc1ccccc1)CC(C)C(C)(C)C. The maximum absolute atomic E-state index is 3.48. The molecule has 0 heterocycles. The first-order chi connectivity index (χ1) is 8.43. The molecule has 0 fully saturated rings. The van der Waals surface area contributed by atoms with Crippen molar-refractivity contribution in [3.8, 4) is 0 Å². The van der Waals surface area contributed by atoms with Crippen LogP contribution in [-0.4, -0.2) is 13.1 Å². The number of nitrogens with one attached hydrogen (secondary N) is 1. The van der Waals surface area contributed by atoms with Gasteiger partial charge in [-0.3, -0.25) is 0 Å². The Morgan fingerprint density at radius 1 is 1.11 bits per heavy atom. The molecule has 1 aromatic carbocycles. The molecule has 1 N–H and O–H groups in total. The Morgan fingerprint density at radius 3 is 2.22 bits per heavy atom. The molecule has 0 bridgehead atoms. The van der Waals surface area contributed by atoms with Crippen molar-refractivity contribution < 1.29 is 0 Å². The first kappa shape index (κ1) is 15.2. The van der Waals surface area contributed by atoms with Crippen LogP contribution in [0, 0.1) is 11.3 Å². The van der Waals surface area contributed by atoms with Crippen LogP contribution in [0.4, 0.5) is 0 Å². The van der Waals surface area contributed by atoms with Gasteiger partial charge in [0.2, 0.25) is 0 Å². The lowest BCUT2D eigenvalue weighted by Gasteiger charge is -2.30. The summed E-state index contributed by atoms with van der Waals surface area (Å²) in [5.41, 5.74) is 1.85. The Balaban J connectivity index is 2.43. The second kappa shape index (κ2) is 6.94. The Kier molecular flexibility index (Phi) is 5.87. The van der Waals surface area contributed by atoms with Gasteiger partial charge in [0.25, 0.3) is 0 Å². The highest BCUT2D eigenvalue weighted by molar-refractivity contribution is 5.14. The van der Waals surface area contributed by atoms with E-state index in [1.54, 1.807) is 0 Å². The standard InChI is InChI=1S/C17H29N/c1-14(17(2,3)4)13-16(18-5)12-11-15-9-7-6-8-10-15/h6-10,14,16,18H,11-13H2,1-5H3. The van der Waals surface area contributed by atoms with Crippen LogP contribution in [0.3, 0.4) is 0 Å². The maximum atomic E-state index is 3.48. The fourth-order valence-corrected chi connectivity index (χ4v) is 2.15. The number of hydrogen-bond donors (Lipinski definition) is 1. The van der Waals surface area contributed by atoms with E-state index in [0.717, 1.165) is 5.92 Å². The predicted molar refractivity (Wildman–Crippen MR) is 80.8 cm³/mol. The van der Waals surface area contributed by atoms with Crippen LogP contribution in [0.1, 0.15) is 46.1 Å². The van der Waals surface area contributed by atoms with E-state index in [0.29, 0.717) is 11.5 Å². The van der Waals surface area contributed by atoms with Gasteiger partial charge >= 0.3 is 0 Å². The summed E-state index contributed by atoms with van der Waals surface area (Å²) in [5.74, 6) is 0.741. The Labute approximate surface area is 113 Å². The zero-order valence-corrected chi connectivity index (χ0v) is 12.7. The van der Waals surface area contributed by atoms with E-state index in [1.165, 1.54) is 24.8 Å². The third-order valence-corrected chi connectivity index (χ3v) is 4.15. The van der Waals surface area contributed by atoms with Crippen molar-refractivity contribution in [2.75, 3.05) is 7.05 Å². The van der Waals surface area contributed by atoms with E-state index in [-0.39, 0.29) is 0 Å². The molecule has 2 unspecified atom stereocenters. The van der Waals surface area contributed by atoms with Gasteiger partial charge in [-0.15, -0.1) is 0 Å². The van der Waals surface area contributed by atoms with Crippen LogP contribution < -0.4 is 5.32 Å². The highest BCUT2D eigenvalue weighted by Crippen LogP contribution is 2.29. The molecule has 0 spiro atoms. The zero-order chi connectivity index (χ0) is 13.6. The van der Waals surface area contributed by atoms with E-state index in [2.05, 4.69) is 70.4 Å². The minimum absolute atomic E-state index is 0.405. The minimum atomic E-state index is 0.405. The largest absolute Gasteiger partial charge is 0.317 e. The molecule has 0 radical (unpaired) electrons. The van der Waals surface area contributed by atoms with Crippen LogP contribution in [0.2, 0.25) is 0 Å². The van der Waals surface area contributed by atoms with Crippen molar-refractivity contribution in [1.29, 1.82) is 0 Å². The lowest BCUT2D eigenvalue weighted by Crippen LogP contribution is -2.31. The molecular formula is C17H29N. The smallest absolute Gasteiger partial charge is 0.00699 e. The van der Waals surface area contributed by atoms with Gasteiger partial charge in [-0.05, 0) is 43.2 Å². The molecule has 1 nitrogen and oxygen atoms in total. The van der Waals surface area contributed by atoms with Gasteiger partial charge in [0.1, 0.15) is 0 Å². The highest BCUT2D eigenvalue weighted by Gasteiger charge is 2.22. The molecule has 0 aliphatic heterocycles. The number of benzene rings is 1. The summed E-state index contributed by atoms with van der Waals surface area (Å²) in [4.78, 5) is 0. The molecule has 0 aliphatic carbocycles. The van der Waals surface area contributed by atoms with E-state index < -0.39 is 0 Å². The van der Waals surface area contributed by atoms with Crippen molar-refractivity contribution in [3.05, 3.63) is 35.9 Å². The number of hydrogen-bond acceptors (Lipinski definition) is 1. The summed E-state index contributed by atoms with van der Waals surface area (Å²) >= 11 is 0. The van der Waals surface area contributed by atoms with Crippen LogP contribution in [-0.2, 0) is 6.42 Å². The lowest BCUT2D eigenvalue weighted by molar-refractivity contribution is 0.222. The van der Waals surface area contributed by atoms with Gasteiger partial charge in [-0.1, -0.05) is 58.0 Å². The molecule has 1 heteroatoms. The summed E-state index contributed by atoms with van der Waals surface area (Å²) in [6, 6.07) is 11.4. The first-order valence-corrected chi connectivity index (χ1v) is 7.14. The van der Waals surface area contributed by atoms with Crippen LogP contribution in [0.5, 0.6) is 0 Å². The Morgan fingerprint density at radius 2 is 1.72 bits per heavy atom. The number of aryl methyl sites for hydroxylation is 1. The molecule has 0 amide bonds. The molecule has 0 saturated heterocycles. The van der Waals surface area contributed by atoms with Crippen molar-refractivity contribution in [3.63, 3.8) is 0 Å². The molecule has 0 aromatic heterocycles. The Bertz CT molecular complexity index is 323. The third-order valence-electron chi connectivity index (χ3n) is 4.15. The average Bonchev–Trinajstić information content (AvgIpc) is 2.34. The summed E-state index contributed by atoms with van der Waals surface area (Å²) in [6.07, 6.45) is 3.65. The van der Waals surface area contributed by atoms with E-state index in [9.17, 15) is 0 Å². The minimum Gasteiger partial charge on any atom is -0.317 e. The molecule has 102 valence electrons. The quantitative estimate of drug-likeness (QED) is 0.791. The molecular weight excluding hydrogens is 218 g/mol. The second-order valence-electron chi connectivity index (χ2n) is 6.51. The van der Waals surface area contributed by atoms with Gasteiger partial charge in [0.15, 0.2) is 0 Å². The van der Waals surface area contributed by atoms with E-state index in [4.69, 9.17) is 0 Å². The Hall–Kier alpha value is -0.820. The third kappa shape index (κ3) is 5.22. The van der Waals surface area contributed by atoms with Crippen molar-refractivity contribution in [2.24, 2.45) is 11.3 Å². The molecule has 0 saturated carbocycles. The molecule has 1 rings (SSSR count). The van der Waals surface area contributed by atoms with Gasteiger partial charge in [-0.2, -0.15) is 0 Å². The average molecular weight is 247 g/mol. The molecule has 2 atom stereocenters. The highest BCUT2D eigenvalue weighted by atomic mass is 14.9. The van der Waals surface area contributed by atoms with Gasteiger partial charge in [0.05, 0.1) is 0 Å². The van der Waals surface area contributed by atoms with Crippen molar-refractivity contribution in [1.82, 2.24) is 5.32 Å². The first-order valence-electron chi connectivity index (χ1n) is 7.14. The molecule has 0 aliphatic rings. The summed E-state index contributed by atoms with van der Waals surface area (Å²) in [7, 11) is 2.09. The van der Waals surface area contributed by atoms with Gasteiger partial charge in [0, 0.05) is 6.04 Å². The second-order valence-corrected chi connectivity index (χ2v) is 6.51. The van der Waals surface area contributed by atoms with E-state index in [1.807, 2.05) is 0 Å². The van der Waals surface area contributed by atoms with Gasteiger partial charge < -0.3 is 5.32 Å². The molecule has 1 aromatic rings. The molecule has 18 heavy (non-hydrogen) atoms. The zero-order valence-electron chi connectivity index (χ0n) is 12.7. The van der Waals surface area contributed by atoms with Crippen molar-refractivity contribution in [2.45, 2.75) is 53.0 Å². The summed E-state index contributed by atoms with van der Waals surface area (Å²) < 4.78 is 0. The number of rotatable bonds is 6. The summed E-state index contributed by atoms with van der Waals surface area (Å²) in [5, 5.41) is 3.48. The predicted octanol–water partition coefficient (Wildman–Crippen LogP) is 4.28. The maximum Gasteiger partial charge on any atom is 0.00699 e. The normalized spacial score (nSPS) is 15.4. The van der Waals surface area contributed by atoms with Crippen molar-refractivity contribution >= 4 is 0 Å². The summed E-state index contributed by atoms with van der Waals surface area (Å²) in [6.45, 7) is 9.37. The fraction of sp³-hybridized carbons (Fsp3) is 0.647. The van der Waals surface area contributed by atoms with Crippen LogP contribution in [0.15, 0.2) is 30.3 Å².